The molecule has 3 aromatic rings. The van der Waals surface area contributed by atoms with E-state index in [-0.39, 0.29) is 35.3 Å². The normalized spacial score (nSPS) is 24.1. The summed E-state index contributed by atoms with van der Waals surface area (Å²) in [6.07, 6.45) is -4.80. The molecule has 4 heterocycles. The number of H-pyrrole nitrogens is 1. The van der Waals surface area contributed by atoms with Gasteiger partial charge in [-0.2, -0.15) is 18.3 Å². The molecule has 1 saturated carbocycles. The van der Waals surface area contributed by atoms with Crippen molar-refractivity contribution >= 4 is 23.5 Å². The molecule has 176 valence electrons. The number of fused-ring (bicyclic) bond motifs is 1. The minimum Gasteiger partial charge on any atom is -0.441 e. The lowest BCUT2D eigenvalue weighted by atomic mass is 10.1. The van der Waals surface area contributed by atoms with Gasteiger partial charge >= 0.3 is 12.3 Å². The van der Waals surface area contributed by atoms with Gasteiger partial charge in [-0.3, -0.25) is 9.50 Å². The maximum absolute atomic E-state index is 14.9. The largest absolute Gasteiger partial charge is 0.441 e. The van der Waals surface area contributed by atoms with Crippen LogP contribution in [0.1, 0.15) is 37.3 Å². The van der Waals surface area contributed by atoms with Crippen LogP contribution in [0.25, 0.3) is 5.65 Å². The Balaban J connectivity index is 1.29. The van der Waals surface area contributed by atoms with Crippen LogP contribution in [0.15, 0.2) is 24.5 Å². The van der Waals surface area contributed by atoms with E-state index in [2.05, 4.69) is 30.8 Å². The van der Waals surface area contributed by atoms with Crippen LogP contribution in [0.3, 0.4) is 0 Å². The van der Waals surface area contributed by atoms with Crippen molar-refractivity contribution in [3.8, 4) is 0 Å². The van der Waals surface area contributed by atoms with Crippen molar-refractivity contribution in [1.29, 1.82) is 0 Å². The summed E-state index contributed by atoms with van der Waals surface area (Å²) >= 11 is 0. The molecule has 1 saturated heterocycles. The number of aromatic nitrogens is 5. The highest BCUT2D eigenvalue weighted by atomic mass is 19.4. The highest BCUT2D eigenvalue weighted by Gasteiger charge is 2.44. The van der Waals surface area contributed by atoms with Crippen molar-refractivity contribution in [3.05, 3.63) is 35.9 Å². The number of ether oxygens (including phenoxy) is 2. The third kappa shape index (κ3) is 4.29. The first-order chi connectivity index (χ1) is 15.6. The molecule has 1 aliphatic carbocycles. The molecule has 3 N–H and O–H groups in total. The van der Waals surface area contributed by atoms with E-state index in [9.17, 15) is 22.4 Å². The number of halogens is 4. The monoisotopic (exact) mass is 469 g/mol. The smallest absolute Gasteiger partial charge is 0.433 e. The second kappa shape index (κ2) is 7.57. The zero-order chi connectivity index (χ0) is 23.4. The van der Waals surface area contributed by atoms with E-state index >= 15 is 0 Å². The first-order valence-electron chi connectivity index (χ1n) is 10.1. The van der Waals surface area contributed by atoms with Crippen LogP contribution in [0, 0.1) is 0 Å². The number of alkyl carbamates (subject to hydrolysis) is 1. The quantitative estimate of drug-likeness (QED) is 0.491. The van der Waals surface area contributed by atoms with E-state index in [0.29, 0.717) is 0 Å². The maximum Gasteiger partial charge on any atom is 0.433 e. The van der Waals surface area contributed by atoms with Gasteiger partial charge in [0.1, 0.15) is 11.8 Å². The summed E-state index contributed by atoms with van der Waals surface area (Å²) in [5.41, 5.74) is -1.17. The van der Waals surface area contributed by atoms with E-state index in [1.54, 1.807) is 0 Å². The zero-order valence-electron chi connectivity index (χ0n) is 17.2. The van der Waals surface area contributed by atoms with Crippen molar-refractivity contribution in [2.75, 3.05) is 11.9 Å². The van der Waals surface area contributed by atoms with Gasteiger partial charge in [0.25, 0.3) is 0 Å². The lowest BCUT2D eigenvalue weighted by molar-refractivity contribution is -0.141. The summed E-state index contributed by atoms with van der Waals surface area (Å²) in [7, 11) is 0. The summed E-state index contributed by atoms with van der Waals surface area (Å²) in [6.45, 7) is 1.72. The van der Waals surface area contributed by atoms with Gasteiger partial charge in [0.15, 0.2) is 23.8 Å². The molecule has 0 radical (unpaired) electrons. The third-order valence-electron chi connectivity index (χ3n) is 5.57. The molecule has 2 fully saturated rings. The molecule has 10 nitrogen and oxygen atoms in total. The van der Waals surface area contributed by atoms with Gasteiger partial charge < -0.3 is 20.1 Å². The number of amides is 1. The van der Waals surface area contributed by atoms with Crippen LogP contribution in [0.2, 0.25) is 0 Å². The number of rotatable bonds is 5. The summed E-state index contributed by atoms with van der Waals surface area (Å²) in [6, 6.07) is 2.21. The highest BCUT2D eigenvalue weighted by molar-refractivity contribution is 5.69. The predicted octanol–water partition coefficient (Wildman–Crippen LogP) is 3.27. The van der Waals surface area contributed by atoms with Crippen LogP contribution in [-0.4, -0.2) is 55.1 Å². The molecule has 0 aromatic carbocycles. The predicted molar refractivity (Wildman–Crippen MR) is 104 cm³/mol. The van der Waals surface area contributed by atoms with Gasteiger partial charge in [0.2, 0.25) is 5.95 Å². The number of aromatic amines is 1. The fourth-order valence-corrected chi connectivity index (χ4v) is 3.48. The second-order valence-electron chi connectivity index (χ2n) is 8.28. The Kier molecular flexibility index (Phi) is 4.92. The van der Waals surface area contributed by atoms with Gasteiger partial charge in [0.05, 0.1) is 12.3 Å². The lowest BCUT2D eigenvalue weighted by Crippen LogP contribution is -2.39. The molecule has 14 heteroatoms. The maximum atomic E-state index is 14.9. The molecule has 0 bridgehead atoms. The van der Waals surface area contributed by atoms with E-state index in [4.69, 9.17) is 9.47 Å². The molecule has 33 heavy (non-hydrogen) atoms. The number of carbonyl (C=O) groups is 1. The molecular weight excluding hydrogens is 450 g/mol. The van der Waals surface area contributed by atoms with E-state index < -0.39 is 36.3 Å². The van der Waals surface area contributed by atoms with Crippen molar-refractivity contribution in [1.82, 2.24) is 29.9 Å². The standard InChI is InChI=1S/C19H19F4N7O3/c1-18(2-3-18)27-17(31)33-10-8-32-15(14(10)20)9-6-12(29-28-9)26-16-25-11(19(21,22)23)7-13-24-4-5-30(13)16/h4-7,10,14-15H,2-3,8H2,1H3,(H,27,31)(H2,25,26,28,29)/t10-,14+,15-/m0/s1. The summed E-state index contributed by atoms with van der Waals surface area (Å²) in [5, 5.41) is 11.9. The fourth-order valence-electron chi connectivity index (χ4n) is 3.48. The molecule has 2 aliphatic rings. The average molecular weight is 469 g/mol. The SMILES string of the molecule is CC1(NC(=O)O[C@H]2CO[C@@H](c3cc(Nc4nc(C(F)(F)F)cc5nccn45)n[nH]3)[C@@H]2F)CC1. The minimum absolute atomic E-state index is 0.0388. The van der Waals surface area contributed by atoms with Crippen molar-refractivity contribution in [3.63, 3.8) is 0 Å². The van der Waals surface area contributed by atoms with Crippen LogP contribution >= 0.6 is 0 Å². The molecule has 0 spiro atoms. The Morgan fingerprint density at radius 3 is 2.88 bits per heavy atom. The van der Waals surface area contributed by atoms with E-state index in [0.717, 1.165) is 18.9 Å². The van der Waals surface area contributed by atoms with Crippen molar-refractivity contribution in [2.45, 2.75) is 49.9 Å². The second-order valence-corrected chi connectivity index (χ2v) is 8.28. The van der Waals surface area contributed by atoms with Gasteiger partial charge in [-0.15, -0.1) is 0 Å². The van der Waals surface area contributed by atoms with Gasteiger partial charge in [-0.05, 0) is 19.8 Å². The number of nitrogens with zero attached hydrogens (tertiary/aromatic N) is 4. The Bertz CT molecular complexity index is 1190. The van der Waals surface area contributed by atoms with E-state index in [1.807, 2.05) is 6.92 Å². The molecule has 3 aromatic heterocycles. The van der Waals surface area contributed by atoms with Crippen LogP contribution in [0.4, 0.5) is 34.1 Å². The van der Waals surface area contributed by atoms with Gasteiger partial charge in [-0.25, -0.2) is 19.2 Å². The summed E-state index contributed by atoms with van der Waals surface area (Å²) in [5.74, 6) is -0.0858. The zero-order valence-corrected chi connectivity index (χ0v) is 17.2. The molecule has 5 rings (SSSR count). The van der Waals surface area contributed by atoms with E-state index in [1.165, 1.54) is 22.9 Å². The molecular formula is C19H19F4N7O3. The third-order valence-corrected chi connectivity index (χ3v) is 5.57. The first-order valence-corrected chi connectivity index (χ1v) is 10.1. The average Bonchev–Trinajstić information content (AvgIpc) is 3.13. The minimum atomic E-state index is -4.67. The van der Waals surface area contributed by atoms with Crippen LogP contribution in [-0.2, 0) is 15.7 Å². The highest BCUT2D eigenvalue weighted by Crippen LogP contribution is 2.36. The number of anilines is 2. The molecule has 3 atom stereocenters. The number of nitrogens with one attached hydrogen (secondary N) is 3. The molecule has 1 aliphatic heterocycles. The summed E-state index contributed by atoms with van der Waals surface area (Å²) in [4.78, 5) is 19.4. The Morgan fingerprint density at radius 2 is 2.15 bits per heavy atom. The van der Waals surface area contributed by atoms with Crippen molar-refractivity contribution in [2.24, 2.45) is 0 Å². The molecule has 0 unspecified atom stereocenters. The number of hydrogen-bond donors (Lipinski definition) is 3. The van der Waals surface area contributed by atoms with Crippen LogP contribution in [0.5, 0.6) is 0 Å². The number of imidazole rings is 1. The lowest BCUT2D eigenvalue weighted by Gasteiger charge is -2.17. The van der Waals surface area contributed by atoms with Crippen molar-refractivity contribution < 1.29 is 31.8 Å². The Morgan fingerprint density at radius 1 is 1.36 bits per heavy atom. The van der Waals surface area contributed by atoms with Crippen LogP contribution < -0.4 is 10.6 Å². The fraction of sp³-hybridized carbons (Fsp3) is 0.474. The summed E-state index contributed by atoms with van der Waals surface area (Å²) < 4.78 is 66.3. The Hall–Kier alpha value is -3.42. The van der Waals surface area contributed by atoms with Gasteiger partial charge in [0, 0.05) is 30.1 Å². The molecule has 1 amide bonds. The first kappa shape index (κ1) is 21.4. The van der Waals surface area contributed by atoms with Gasteiger partial charge in [-0.1, -0.05) is 0 Å². The Labute approximate surface area is 183 Å². The number of carbonyl (C=O) groups excluding carboxylic acids is 1. The number of alkyl halides is 4. The number of hydrogen-bond acceptors (Lipinski definition) is 7. The topological polar surface area (TPSA) is 118 Å².